The molecule has 0 radical (unpaired) electrons. The highest BCUT2D eigenvalue weighted by Gasteiger charge is 2.17. The first-order chi connectivity index (χ1) is 8.47. The molecule has 0 aliphatic carbocycles. The molecule has 0 aromatic carbocycles. The molecule has 1 unspecified atom stereocenters. The Kier molecular flexibility index (Phi) is 3.68. The zero-order chi connectivity index (χ0) is 13.3. The first kappa shape index (κ1) is 13.0. The fourth-order valence-corrected chi connectivity index (χ4v) is 2.13. The molecule has 0 aliphatic rings. The maximum absolute atomic E-state index is 5.70. The summed E-state index contributed by atoms with van der Waals surface area (Å²) in [5, 5.41) is 7.06. The van der Waals surface area contributed by atoms with Crippen molar-refractivity contribution in [1.82, 2.24) is 20.1 Å². The summed E-state index contributed by atoms with van der Waals surface area (Å²) in [6.07, 6.45) is 0. The van der Waals surface area contributed by atoms with E-state index in [1.165, 1.54) is 0 Å². The van der Waals surface area contributed by atoms with Crippen molar-refractivity contribution in [2.24, 2.45) is 0 Å². The summed E-state index contributed by atoms with van der Waals surface area (Å²) in [6.45, 7) is 5.66. The van der Waals surface area contributed by atoms with Gasteiger partial charge in [-0.2, -0.15) is 15.0 Å². The van der Waals surface area contributed by atoms with Gasteiger partial charge in [-0.1, -0.05) is 5.16 Å². The number of nitrogens with zero attached hydrogens (tertiary/aromatic N) is 4. The molecule has 2 heterocycles. The second-order valence-electron chi connectivity index (χ2n) is 3.80. The SMILES string of the molecule is Cc1noc(C)c1C(C)Nc1nc(Cl)nc(Cl)n1. The fraction of sp³-hybridized carbons (Fsp3) is 0.400. The van der Waals surface area contributed by atoms with Crippen LogP contribution in [0.3, 0.4) is 0 Å². The molecule has 0 fully saturated rings. The topological polar surface area (TPSA) is 76.7 Å². The Labute approximate surface area is 114 Å². The van der Waals surface area contributed by atoms with Gasteiger partial charge in [0.05, 0.1) is 11.7 Å². The average Bonchev–Trinajstić information content (AvgIpc) is 2.56. The van der Waals surface area contributed by atoms with Crippen LogP contribution in [0, 0.1) is 13.8 Å². The summed E-state index contributed by atoms with van der Waals surface area (Å²) in [7, 11) is 0. The van der Waals surface area contributed by atoms with Gasteiger partial charge in [0, 0.05) is 5.56 Å². The number of hydrogen-bond acceptors (Lipinski definition) is 6. The molecule has 0 saturated carbocycles. The van der Waals surface area contributed by atoms with Crippen LogP contribution in [0.2, 0.25) is 10.6 Å². The Balaban J connectivity index is 2.24. The van der Waals surface area contributed by atoms with Crippen molar-refractivity contribution in [3.63, 3.8) is 0 Å². The highest BCUT2D eigenvalue weighted by atomic mass is 35.5. The molecule has 2 aromatic rings. The Bertz CT molecular complexity index is 532. The molecule has 1 N–H and O–H groups in total. The predicted octanol–water partition coefficient (Wildman–Crippen LogP) is 2.96. The van der Waals surface area contributed by atoms with E-state index < -0.39 is 0 Å². The van der Waals surface area contributed by atoms with Crippen LogP contribution in [0.5, 0.6) is 0 Å². The molecule has 18 heavy (non-hydrogen) atoms. The lowest BCUT2D eigenvalue weighted by Gasteiger charge is -2.13. The molecular weight excluding hydrogens is 277 g/mol. The van der Waals surface area contributed by atoms with Gasteiger partial charge in [-0.25, -0.2) is 0 Å². The van der Waals surface area contributed by atoms with Crippen LogP contribution >= 0.6 is 23.2 Å². The number of rotatable bonds is 3. The lowest BCUT2D eigenvalue weighted by molar-refractivity contribution is 0.392. The number of aromatic nitrogens is 4. The van der Waals surface area contributed by atoms with Crippen molar-refractivity contribution in [1.29, 1.82) is 0 Å². The van der Waals surface area contributed by atoms with Crippen LogP contribution in [0.1, 0.15) is 30.0 Å². The molecule has 1 atom stereocenters. The minimum absolute atomic E-state index is 0.0449. The largest absolute Gasteiger partial charge is 0.361 e. The van der Waals surface area contributed by atoms with Gasteiger partial charge in [-0.05, 0) is 44.0 Å². The van der Waals surface area contributed by atoms with Crippen molar-refractivity contribution in [3.05, 3.63) is 27.6 Å². The minimum atomic E-state index is -0.0780. The van der Waals surface area contributed by atoms with Crippen LogP contribution in [-0.4, -0.2) is 20.1 Å². The van der Waals surface area contributed by atoms with Gasteiger partial charge < -0.3 is 9.84 Å². The summed E-state index contributed by atoms with van der Waals surface area (Å²) in [5.41, 5.74) is 1.78. The normalized spacial score (nSPS) is 12.5. The van der Waals surface area contributed by atoms with E-state index >= 15 is 0 Å². The molecule has 8 heteroatoms. The highest BCUT2D eigenvalue weighted by Crippen LogP contribution is 2.24. The summed E-state index contributed by atoms with van der Waals surface area (Å²) in [4.78, 5) is 11.6. The number of aryl methyl sites for hydroxylation is 2. The summed E-state index contributed by atoms with van der Waals surface area (Å²) in [6, 6.07) is -0.0780. The third-order valence-electron chi connectivity index (χ3n) is 2.45. The van der Waals surface area contributed by atoms with Gasteiger partial charge in [-0.15, -0.1) is 0 Å². The van der Waals surface area contributed by atoms with E-state index in [4.69, 9.17) is 27.7 Å². The van der Waals surface area contributed by atoms with E-state index in [2.05, 4.69) is 25.4 Å². The number of halogens is 2. The Hall–Kier alpha value is -1.40. The molecular formula is C10H11Cl2N5O. The van der Waals surface area contributed by atoms with Gasteiger partial charge in [0.2, 0.25) is 16.5 Å². The molecule has 0 amide bonds. The maximum Gasteiger partial charge on any atom is 0.228 e. The number of nitrogens with one attached hydrogen (secondary N) is 1. The summed E-state index contributed by atoms with van der Waals surface area (Å²) in [5.74, 6) is 1.06. The smallest absolute Gasteiger partial charge is 0.228 e. The molecule has 2 rings (SSSR count). The predicted molar refractivity (Wildman–Crippen MR) is 67.9 cm³/mol. The van der Waals surface area contributed by atoms with Gasteiger partial charge in [0.15, 0.2) is 0 Å². The highest BCUT2D eigenvalue weighted by molar-refractivity contribution is 6.31. The van der Waals surface area contributed by atoms with Gasteiger partial charge in [0.25, 0.3) is 0 Å². The molecule has 2 aromatic heterocycles. The van der Waals surface area contributed by atoms with Gasteiger partial charge >= 0.3 is 0 Å². The number of hydrogen-bond donors (Lipinski definition) is 1. The molecule has 6 nitrogen and oxygen atoms in total. The monoisotopic (exact) mass is 287 g/mol. The Morgan fingerprint density at radius 2 is 1.72 bits per heavy atom. The van der Waals surface area contributed by atoms with E-state index in [-0.39, 0.29) is 16.6 Å². The summed E-state index contributed by atoms with van der Waals surface area (Å²) >= 11 is 11.4. The van der Waals surface area contributed by atoms with Crippen molar-refractivity contribution in [2.45, 2.75) is 26.8 Å². The zero-order valence-corrected chi connectivity index (χ0v) is 11.5. The van der Waals surface area contributed by atoms with Gasteiger partial charge in [-0.3, -0.25) is 0 Å². The molecule has 0 bridgehead atoms. The average molecular weight is 288 g/mol. The lowest BCUT2D eigenvalue weighted by atomic mass is 10.1. The van der Waals surface area contributed by atoms with Crippen molar-refractivity contribution < 1.29 is 4.52 Å². The van der Waals surface area contributed by atoms with Crippen molar-refractivity contribution in [3.8, 4) is 0 Å². The van der Waals surface area contributed by atoms with E-state index in [9.17, 15) is 0 Å². The molecule has 0 saturated heterocycles. The quantitative estimate of drug-likeness (QED) is 0.935. The Morgan fingerprint density at radius 1 is 1.11 bits per heavy atom. The van der Waals surface area contributed by atoms with E-state index in [0.717, 1.165) is 17.0 Å². The minimum Gasteiger partial charge on any atom is -0.361 e. The van der Waals surface area contributed by atoms with Crippen LogP contribution in [0.15, 0.2) is 4.52 Å². The second-order valence-corrected chi connectivity index (χ2v) is 4.48. The van der Waals surface area contributed by atoms with Crippen LogP contribution in [-0.2, 0) is 0 Å². The standard InChI is InChI=1S/C10H11Cl2N5O/c1-4(7-5(2)17-18-6(7)3)13-10-15-8(11)14-9(12)16-10/h4H,1-3H3,(H,13,14,15,16). The van der Waals surface area contributed by atoms with Crippen molar-refractivity contribution in [2.75, 3.05) is 5.32 Å². The summed E-state index contributed by atoms with van der Waals surface area (Å²) < 4.78 is 5.11. The van der Waals surface area contributed by atoms with E-state index in [1.54, 1.807) is 0 Å². The third-order valence-corrected chi connectivity index (χ3v) is 2.79. The molecule has 0 spiro atoms. The lowest BCUT2D eigenvalue weighted by Crippen LogP contribution is -2.11. The van der Waals surface area contributed by atoms with Crippen molar-refractivity contribution >= 4 is 29.2 Å². The molecule has 96 valence electrons. The number of anilines is 1. The van der Waals surface area contributed by atoms with E-state index in [1.807, 2.05) is 20.8 Å². The Morgan fingerprint density at radius 3 is 2.22 bits per heavy atom. The first-order valence-electron chi connectivity index (χ1n) is 5.23. The fourth-order valence-electron chi connectivity index (χ4n) is 1.76. The third kappa shape index (κ3) is 2.70. The van der Waals surface area contributed by atoms with Crippen LogP contribution in [0.25, 0.3) is 0 Å². The maximum atomic E-state index is 5.70. The first-order valence-corrected chi connectivity index (χ1v) is 5.99. The second kappa shape index (κ2) is 5.07. The molecule has 0 aliphatic heterocycles. The zero-order valence-electron chi connectivity index (χ0n) is 10.0. The van der Waals surface area contributed by atoms with Gasteiger partial charge in [0.1, 0.15) is 5.76 Å². The van der Waals surface area contributed by atoms with E-state index in [0.29, 0.717) is 5.95 Å². The van der Waals surface area contributed by atoms with Crippen LogP contribution < -0.4 is 5.32 Å². The van der Waals surface area contributed by atoms with Crippen LogP contribution in [0.4, 0.5) is 5.95 Å².